The zero-order valence-electron chi connectivity index (χ0n) is 14.3. The van der Waals surface area contributed by atoms with Gasteiger partial charge in [-0.25, -0.2) is 4.99 Å². The molecule has 2 heterocycles. The number of hydrogen-bond donors (Lipinski definition) is 2. The SMILES string of the molecule is NC1=NC(Nc2ccc(Cl)cc2)N(c2ccccc2)C(N2CCCC2)=N1. The second kappa shape index (κ2) is 7.25. The average molecular weight is 369 g/mol. The van der Waals surface area contributed by atoms with Gasteiger partial charge in [-0.05, 0) is 49.2 Å². The van der Waals surface area contributed by atoms with Crippen LogP contribution in [-0.4, -0.2) is 36.2 Å². The van der Waals surface area contributed by atoms with E-state index in [0.29, 0.717) is 5.02 Å². The summed E-state index contributed by atoms with van der Waals surface area (Å²) in [6.45, 7) is 1.95. The number of nitrogens with two attached hydrogens (primary N) is 1. The van der Waals surface area contributed by atoms with Gasteiger partial charge in [0.25, 0.3) is 0 Å². The highest BCUT2D eigenvalue weighted by molar-refractivity contribution is 6.30. The minimum Gasteiger partial charge on any atom is -0.368 e. The Kier molecular flexibility index (Phi) is 4.67. The van der Waals surface area contributed by atoms with Crippen molar-refractivity contribution < 1.29 is 0 Å². The number of guanidine groups is 2. The van der Waals surface area contributed by atoms with Gasteiger partial charge in [0, 0.05) is 29.5 Å². The fourth-order valence-corrected chi connectivity index (χ4v) is 3.38. The molecule has 2 aliphatic rings. The van der Waals surface area contributed by atoms with E-state index in [9.17, 15) is 0 Å². The summed E-state index contributed by atoms with van der Waals surface area (Å²) in [5, 5.41) is 4.13. The first-order chi connectivity index (χ1) is 12.7. The molecule has 1 atom stereocenters. The Bertz CT molecular complexity index is 812. The first-order valence-corrected chi connectivity index (χ1v) is 9.12. The van der Waals surface area contributed by atoms with Crippen LogP contribution in [0.5, 0.6) is 0 Å². The molecule has 0 bridgehead atoms. The molecule has 2 aromatic carbocycles. The number of hydrogen-bond acceptors (Lipinski definition) is 6. The highest BCUT2D eigenvalue weighted by atomic mass is 35.5. The smallest absolute Gasteiger partial charge is 0.222 e. The van der Waals surface area contributed by atoms with Crippen molar-refractivity contribution in [3.63, 3.8) is 0 Å². The van der Waals surface area contributed by atoms with Gasteiger partial charge in [-0.15, -0.1) is 0 Å². The molecule has 1 unspecified atom stereocenters. The maximum atomic E-state index is 6.05. The Hall–Kier alpha value is -2.73. The molecular formula is C19H21ClN6. The third-order valence-corrected chi connectivity index (χ3v) is 4.74. The summed E-state index contributed by atoms with van der Waals surface area (Å²) in [6, 6.07) is 17.7. The summed E-state index contributed by atoms with van der Waals surface area (Å²) in [4.78, 5) is 13.5. The molecular weight excluding hydrogens is 348 g/mol. The third kappa shape index (κ3) is 3.46. The molecule has 2 aromatic rings. The van der Waals surface area contributed by atoms with Crippen LogP contribution in [0.2, 0.25) is 5.02 Å². The van der Waals surface area contributed by atoms with Crippen LogP contribution >= 0.6 is 11.6 Å². The minimum atomic E-state index is -0.383. The summed E-state index contributed by atoms with van der Waals surface area (Å²) >= 11 is 6.00. The van der Waals surface area contributed by atoms with Crippen LogP contribution < -0.4 is 16.0 Å². The Labute approximate surface area is 158 Å². The first-order valence-electron chi connectivity index (χ1n) is 8.74. The Morgan fingerprint density at radius 1 is 1.00 bits per heavy atom. The van der Waals surface area contributed by atoms with E-state index in [0.717, 1.165) is 43.3 Å². The van der Waals surface area contributed by atoms with Gasteiger partial charge >= 0.3 is 0 Å². The molecule has 1 saturated heterocycles. The molecule has 3 N–H and O–H groups in total. The number of likely N-dealkylation sites (tertiary alicyclic amines) is 1. The van der Waals surface area contributed by atoms with Gasteiger partial charge < -0.3 is 16.0 Å². The fourth-order valence-electron chi connectivity index (χ4n) is 3.26. The monoisotopic (exact) mass is 368 g/mol. The third-order valence-electron chi connectivity index (χ3n) is 4.49. The molecule has 4 rings (SSSR count). The number of rotatable bonds is 3. The number of para-hydroxylation sites is 1. The van der Waals surface area contributed by atoms with Gasteiger partial charge in [-0.1, -0.05) is 29.8 Å². The van der Waals surface area contributed by atoms with E-state index in [4.69, 9.17) is 17.3 Å². The van der Waals surface area contributed by atoms with Crippen molar-refractivity contribution in [2.24, 2.45) is 15.7 Å². The van der Waals surface area contributed by atoms with Crippen LogP contribution in [0.25, 0.3) is 0 Å². The summed E-state index contributed by atoms with van der Waals surface area (Å²) in [7, 11) is 0. The van der Waals surface area contributed by atoms with E-state index in [2.05, 4.69) is 37.2 Å². The molecule has 134 valence electrons. The van der Waals surface area contributed by atoms with Crippen LogP contribution in [0.1, 0.15) is 12.8 Å². The Morgan fingerprint density at radius 2 is 1.69 bits per heavy atom. The molecule has 0 saturated carbocycles. The quantitative estimate of drug-likeness (QED) is 0.871. The number of anilines is 2. The van der Waals surface area contributed by atoms with Crippen LogP contribution in [0.15, 0.2) is 64.6 Å². The van der Waals surface area contributed by atoms with Crippen molar-refractivity contribution in [2.45, 2.75) is 19.1 Å². The van der Waals surface area contributed by atoms with E-state index in [1.165, 1.54) is 0 Å². The van der Waals surface area contributed by atoms with Crippen molar-refractivity contribution in [1.29, 1.82) is 0 Å². The van der Waals surface area contributed by atoms with Crippen LogP contribution in [0.3, 0.4) is 0 Å². The maximum absolute atomic E-state index is 6.05. The van der Waals surface area contributed by atoms with Crippen LogP contribution in [-0.2, 0) is 0 Å². The van der Waals surface area contributed by atoms with Gasteiger partial charge in [0.05, 0.1) is 0 Å². The number of aliphatic imine (C=N–C) groups is 2. The first kappa shape index (κ1) is 16.7. The second-order valence-electron chi connectivity index (χ2n) is 6.32. The molecule has 0 radical (unpaired) electrons. The largest absolute Gasteiger partial charge is 0.368 e. The van der Waals surface area contributed by atoms with Crippen molar-refractivity contribution in [3.8, 4) is 0 Å². The van der Waals surface area contributed by atoms with Gasteiger partial charge in [-0.3, -0.25) is 4.90 Å². The van der Waals surface area contributed by atoms with E-state index < -0.39 is 0 Å². The number of benzene rings is 2. The highest BCUT2D eigenvalue weighted by Gasteiger charge is 2.32. The van der Waals surface area contributed by atoms with E-state index in [1.807, 2.05) is 42.5 Å². The lowest BCUT2D eigenvalue weighted by Gasteiger charge is -2.38. The minimum absolute atomic E-state index is 0.283. The number of halogens is 1. The summed E-state index contributed by atoms with van der Waals surface area (Å²) in [5.41, 5.74) is 7.98. The van der Waals surface area contributed by atoms with Crippen LogP contribution in [0.4, 0.5) is 11.4 Å². The molecule has 0 aromatic heterocycles. The van der Waals surface area contributed by atoms with Crippen molar-refractivity contribution in [1.82, 2.24) is 4.90 Å². The molecule has 2 aliphatic heterocycles. The molecule has 0 spiro atoms. The fraction of sp³-hybridized carbons (Fsp3) is 0.263. The second-order valence-corrected chi connectivity index (χ2v) is 6.76. The molecule has 6 nitrogen and oxygen atoms in total. The van der Waals surface area contributed by atoms with Crippen molar-refractivity contribution in [2.75, 3.05) is 23.3 Å². The molecule has 7 heteroatoms. The lowest BCUT2D eigenvalue weighted by molar-refractivity contribution is 0.497. The predicted molar refractivity (Wildman–Crippen MR) is 108 cm³/mol. The Morgan fingerprint density at radius 3 is 2.38 bits per heavy atom. The molecule has 1 fully saturated rings. The zero-order chi connectivity index (χ0) is 17.9. The summed E-state index contributed by atoms with van der Waals surface area (Å²) in [6.07, 6.45) is 1.94. The molecule has 0 aliphatic carbocycles. The van der Waals surface area contributed by atoms with E-state index in [1.54, 1.807) is 0 Å². The summed E-state index contributed by atoms with van der Waals surface area (Å²) < 4.78 is 0. The van der Waals surface area contributed by atoms with Crippen molar-refractivity contribution >= 4 is 34.9 Å². The lowest BCUT2D eigenvalue weighted by atomic mass is 10.2. The maximum Gasteiger partial charge on any atom is 0.222 e. The van der Waals surface area contributed by atoms with Gasteiger partial charge in [0.1, 0.15) is 0 Å². The van der Waals surface area contributed by atoms with Gasteiger partial charge in [0.15, 0.2) is 0 Å². The van der Waals surface area contributed by atoms with Crippen LogP contribution in [0, 0.1) is 0 Å². The van der Waals surface area contributed by atoms with Gasteiger partial charge in [-0.2, -0.15) is 4.99 Å². The number of nitrogens with one attached hydrogen (secondary N) is 1. The molecule has 0 amide bonds. The topological polar surface area (TPSA) is 69.2 Å². The highest BCUT2D eigenvalue weighted by Crippen LogP contribution is 2.25. The zero-order valence-corrected chi connectivity index (χ0v) is 15.1. The lowest BCUT2D eigenvalue weighted by Crippen LogP contribution is -2.54. The standard InChI is InChI=1S/C19H21ClN6/c20-14-8-10-15(11-9-14)22-18-23-17(21)24-19(25-12-4-5-13-25)26(18)16-6-2-1-3-7-16/h1-3,6-11,18,22H,4-5,12-13H2,(H2,21,23). The van der Waals surface area contributed by atoms with E-state index >= 15 is 0 Å². The molecule has 26 heavy (non-hydrogen) atoms. The van der Waals surface area contributed by atoms with Gasteiger partial charge in [0.2, 0.25) is 18.2 Å². The Balaban J connectivity index is 1.70. The predicted octanol–water partition coefficient (Wildman–Crippen LogP) is 3.32. The average Bonchev–Trinajstić information content (AvgIpc) is 3.18. The normalized spacial score (nSPS) is 20.0. The van der Waals surface area contributed by atoms with Crippen molar-refractivity contribution in [3.05, 3.63) is 59.6 Å². The number of nitrogens with zero attached hydrogens (tertiary/aromatic N) is 4. The van der Waals surface area contributed by atoms with E-state index in [-0.39, 0.29) is 12.2 Å². The summed E-state index contributed by atoms with van der Waals surface area (Å²) in [5.74, 6) is 1.12.